The van der Waals surface area contributed by atoms with Gasteiger partial charge in [0.2, 0.25) is 5.91 Å². The van der Waals surface area contributed by atoms with Crippen LogP contribution in [-0.2, 0) is 9.53 Å². The summed E-state index contributed by atoms with van der Waals surface area (Å²) in [5, 5.41) is 2.82. The van der Waals surface area contributed by atoms with Crippen molar-refractivity contribution in [1.29, 1.82) is 0 Å². The van der Waals surface area contributed by atoms with E-state index >= 15 is 0 Å². The van der Waals surface area contributed by atoms with E-state index in [9.17, 15) is 4.79 Å². The Balaban J connectivity index is 2.26. The van der Waals surface area contributed by atoms with E-state index in [1.807, 2.05) is 6.92 Å². The average molecular weight is 183 g/mol. The summed E-state index contributed by atoms with van der Waals surface area (Å²) in [6.07, 6.45) is 3.36. The third-order valence-corrected chi connectivity index (χ3v) is 2.29. The molecule has 1 heterocycles. The normalized spacial score (nSPS) is 27.2. The first-order valence-corrected chi connectivity index (χ1v) is 4.76. The largest absolute Gasteiger partial charge is 0.368 e. The molecular formula is C10H17NO2. The van der Waals surface area contributed by atoms with Crippen LogP contribution in [0.5, 0.6) is 0 Å². The molecule has 2 unspecified atom stereocenters. The summed E-state index contributed by atoms with van der Waals surface area (Å²) in [7, 11) is 0. The summed E-state index contributed by atoms with van der Waals surface area (Å²) in [5.41, 5.74) is 0. The molecule has 1 fully saturated rings. The lowest BCUT2D eigenvalue weighted by atomic mass is 10.0. The summed E-state index contributed by atoms with van der Waals surface area (Å²) in [4.78, 5) is 11.5. The minimum Gasteiger partial charge on any atom is -0.368 e. The van der Waals surface area contributed by atoms with Crippen LogP contribution in [0.1, 0.15) is 19.8 Å². The number of carbonyl (C=O) groups excluding carboxylic acids is 1. The quantitative estimate of drug-likeness (QED) is 0.523. The molecule has 0 radical (unpaired) electrons. The predicted molar refractivity (Wildman–Crippen MR) is 51.3 cm³/mol. The van der Waals surface area contributed by atoms with E-state index in [0.29, 0.717) is 19.1 Å². The number of carbonyl (C=O) groups is 1. The van der Waals surface area contributed by atoms with Crippen LogP contribution in [0.3, 0.4) is 0 Å². The van der Waals surface area contributed by atoms with E-state index < -0.39 is 0 Å². The van der Waals surface area contributed by atoms with Crippen molar-refractivity contribution in [1.82, 2.24) is 5.32 Å². The van der Waals surface area contributed by atoms with E-state index in [1.54, 1.807) is 6.08 Å². The second-order valence-electron chi connectivity index (χ2n) is 3.43. The van der Waals surface area contributed by atoms with Gasteiger partial charge in [0.25, 0.3) is 0 Å². The Bertz CT molecular complexity index is 191. The maximum absolute atomic E-state index is 11.5. The van der Waals surface area contributed by atoms with Crippen molar-refractivity contribution < 1.29 is 9.53 Å². The van der Waals surface area contributed by atoms with Crippen molar-refractivity contribution in [2.75, 3.05) is 13.2 Å². The van der Waals surface area contributed by atoms with Crippen molar-refractivity contribution >= 4 is 5.91 Å². The van der Waals surface area contributed by atoms with E-state index in [2.05, 4.69) is 11.9 Å². The summed E-state index contributed by atoms with van der Waals surface area (Å²) in [5.74, 6) is 0.371. The molecule has 1 aliphatic heterocycles. The zero-order valence-corrected chi connectivity index (χ0v) is 8.08. The second-order valence-corrected chi connectivity index (χ2v) is 3.43. The zero-order valence-electron chi connectivity index (χ0n) is 8.08. The van der Waals surface area contributed by atoms with Crippen molar-refractivity contribution in [3.63, 3.8) is 0 Å². The lowest BCUT2D eigenvalue weighted by Gasteiger charge is -2.13. The maximum atomic E-state index is 11.5. The monoisotopic (exact) mass is 183 g/mol. The Labute approximate surface area is 79.2 Å². The van der Waals surface area contributed by atoms with E-state index in [0.717, 1.165) is 12.8 Å². The lowest BCUT2D eigenvalue weighted by molar-refractivity contribution is -0.131. The first kappa shape index (κ1) is 10.3. The fourth-order valence-corrected chi connectivity index (χ4v) is 1.43. The Kier molecular flexibility index (Phi) is 3.96. The van der Waals surface area contributed by atoms with Gasteiger partial charge in [-0.1, -0.05) is 13.0 Å². The number of hydrogen-bond acceptors (Lipinski definition) is 2. The van der Waals surface area contributed by atoms with Crippen LogP contribution in [0.2, 0.25) is 0 Å². The number of ether oxygens (including phenoxy) is 1. The number of hydrogen-bond donors (Lipinski definition) is 1. The van der Waals surface area contributed by atoms with Crippen molar-refractivity contribution in [3.05, 3.63) is 12.7 Å². The van der Waals surface area contributed by atoms with Gasteiger partial charge in [0.15, 0.2) is 0 Å². The van der Waals surface area contributed by atoms with Crippen LogP contribution in [0.25, 0.3) is 0 Å². The molecule has 13 heavy (non-hydrogen) atoms. The highest BCUT2D eigenvalue weighted by atomic mass is 16.5. The molecule has 0 saturated carbocycles. The van der Waals surface area contributed by atoms with Crippen LogP contribution in [0.15, 0.2) is 12.7 Å². The van der Waals surface area contributed by atoms with E-state index in [1.165, 1.54) is 0 Å². The molecule has 0 aromatic rings. The molecule has 0 aromatic heterocycles. The van der Waals surface area contributed by atoms with Crippen LogP contribution in [0.4, 0.5) is 0 Å². The molecule has 2 atom stereocenters. The third-order valence-electron chi connectivity index (χ3n) is 2.29. The predicted octanol–water partition coefficient (Wildman–Crippen LogP) is 1.10. The fourth-order valence-electron chi connectivity index (χ4n) is 1.43. The standard InChI is InChI=1S/C10H17NO2/c1-3-4-6-11-10(12)9-8(2)5-7-13-9/h3,8-9H,1,4-7H2,2H3,(H,11,12). The van der Waals surface area contributed by atoms with E-state index in [4.69, 9.17) is 4.74 Å². The first-order valence-electron chi connectivity index (χ1n) is 4.76. The van der Waals surface area contributed by atoms with Crippen LogP contribution in [-0.4, -0.2) is 25.2 Å². The molecule has 1 aliphatic rings. The van der Waals surface area contributed by atoms with Gasteiger partial charge in [-0.2, -0.15) is 0 Å². The summed E-state index contributed by atoms with van der Waals surface area (Å²) in [6, 6.07) is 0. The van der Waals surface area contributed by atoms with Crippen LogP contribution < -0.4 is 5.32 Å². The highest BCUT2D eigenvalue weighted by molar-refractivity contribution is 5.81. The van der Waals surface area contributed by atoms with Crippen molar-refractivity contribution in [2.45, 2.75) is 25.9 Å². The highest BCUT2D eigenvalue weighted by Gasteiger charge is 2.30. The van der Waals surface area contributed by atoms with Gasteiger partial charge in [0, 0.05) is 13.2 Å². The molecule has 74 valence electrons. The van der Waals surface area contributed by atoms with E-state index in [-0.39, 0.29) is 12.0 Å². The molecular weight excluding hydrogens is 166 g/mol. The molecule has 0 bridgehead atoms. The summed E-state index contributed by atoms with van der Waals surface area (Å²) >= 11 is 0. The molecule has 3 nitrogen and oxygen atoms in total. The van der Waals surface area contributed by atoms with Crippen molar-refractivity contribution in [2.24, 2.45) is 5.92 Å². The number of rotatable bonds is 4. The first-order chi connectivity index (χ1) is 6.25. The van der Waals surface area contributed by atoms with Gasteiger partial charge < -0.3 is 10.1 Å². The minimum absolute atomic E-state index is 0.0202. The Morgan fingerprint density at radius 3 is 3.08 bits per heavy atom. The molecule has 0 spiro atoms. The summed E-state index contributed by atoms with van der Waals surface area (Å²) < 4.78 is 5.32. The Morgan fingerprint density at radius 2 is 2.54 bits per heavy atom. The molecule has 1 N–H and O–H groups in total. The van der Waals surface area contributed by atoms with Crippen molar-refractivity contribution in [3.8, 4) is 0 Å². The van der Waals surface area contributed by atoms with Gasteiger partial charge in [0.1, 0.15) is 6.10 Å². The molecule has 1 amide bonds. The molecule has 1 rings (SSSR count). The van der Waals surface area contributed by atoms with Gasteiger partial charge in [-0.3, -0.25) is 4.79 Å². The number of amides is 1. The average Bonchev–Trinajstić information content (AvgIpc) is 2.52. The topological polar surface area (TPSA) is 38.3 Å². The Morgan fingerprint density at radius 1 is 1.77 bits per heavy atom. The van der Waals surface area contributed by atoms with Gasteiger partial charge >= 0.3 is 0 Å². The zero-order chi connectivity index (χ0) is 9.68. The fraction of sp³-hybridized carbons (Fsp3) is 0.700. The second kappa shape index (κ2) is 5.02. The SMILES string of the molecule is C=CCCNC(=O)C1OCCC1C. The van der Waals surface area contributed by atoms with Crippen LogP contribution in [0, 0.1) is 5.92 Å². The molecule has 0 aromatic carbocycles. The van der Waals surface area contributed by atoms with Gasteiger partial charge in [0.05, 0.1) is 0 Å². The molecule has 3 heteroatoms. The minimum atomic E-state index is -0.232. The smallest absolute Gasteiger partial charge is 0.249 e. The third kappa shape index (κ3) is 2.84. The molecule has 0 aliphatic carbocycles. The molecule has 1 saturated heterocycles. The maximum Gasteiger partial charge on any atom is 0.249 e. The van der Waals surface area contributed by atoms with Gasteiger partial charge in [-0.15, -0.1) is 6.58 Å². The van der Waals surface area contributed by atoms with Crippen LogP contribution >= 0.6 is 0 Å². The lowest BCUT2D eigenvalue weighted by Crippen LogP contribution is -2.37. The number of nitrogens with one attached hydrogen (secondary N) is 1. The highest BCUT2D eigenvalue weighted by Crippen LogP contribution is 2.19. The summed E-state index contributed by atoms with van der Waals surface area (Å²) in [6.45, 7) is 7.00. The van der Waals surface area contributed by atoms with Gasteiger partial charge in [-0.05, 0) is 18.8 Å². The van der Waals surface area contributed by atoms with Gasteiger partial charge in [-0.25, -0.2) is 0 Å². The Hall–Kier alpha value is -0.830.